The molecule has 0 spiro atoms. The number of aromatic nitrogens is 2. The number of likely N-dealkylation sites (tertiary alicyclic amines) is 1. The van der Waals surface area contributed by atoms with Crippen molar-refractivity contribution in [2.24, 2.45) is 11.3 Å². The lowest BCUT2D eigenvalue weighted by molar-refractivity contribution is -0.142. The smallest absolute Gasteiger partial charge is 0.227 e. The molecule has 3 heterocycles. The van der Waals surface area contributed by atoms with E-state index in [4.69, 9.17) is 0 Å². The summed E-state index contributed by atoms with van der Waals surface area (Å²) < 4.78 is 0. The lowest BCUT2D eigenvalue weighted by atomic mass is 9.90. The summed E-state index contributed by atoms with van der Waals surface area (Å²) in [5.41, 5.74) is 0.314. The summed E-state index contributed by atoms with van der Waals surface area (Å²) in [5.74, 6) is 0.893. The monoisotopic (exact) mass is 359 g/mol. The average molecular weight is 359 g/mol. The van der Waals surface area contributed by atoms with Crippen LogP contribution in [0.2, 0.25) is 0 Å². The summed E-state index contributed by atoms with van der Waals surface area (Å²) in [6.45, 7) is 9.01. The van der Waals surface area contributed by atoms with Gasteiger partial charge in [-0.2, -0.15) is 0 Å². The van der Waals surface area contributed by atoms with Crippen molar-refractivity contribution in [2.45, 2.75) is 46.5 Å². The molecule has 2 amide bonds. The van der Waals surface area contributed by atoms with E-state index in [9.17, 15) is 9.59 Å². The molecule has 0 saturated carbocycles. The summed E-state index contributed by atoms with van der Waals surface area (Å²) >= 11 is 0. The maximum atomic E-state index is 12.7. The van der Waals surface area contributed by atoms with Gasteiger partial charge in [-0.05, 0) is 25.7 Å². The van der Waals surface area contributed by atoms with Gasteiger partial charge in [-0.15, -0.1) is 0 Å². The predicted octanol–water partition coefficient (Wildman–Crippen LogP) is 2.30. The van der Waals surface area contributed by atoms with Gasteiger partial charge in [-0.1, -0.05) is 20.8 Å². The summed E-state index contributed by atoms with van der Waals surface area (Å²) in [6, 6.07) is 0. The lowest BCUT2D eigenvalue weighted by Gasteiger charge is -2.35. The maximum absolute atomic E-state index is 12.7. The molecule has 0 atom stereocenters. The number of rotatable bonds is 3. The van der Waals surface area contributed by atoms with Gasteiger partial charge in [0.1, 0.15) is 12.0 Å². The Morgan fingerprint density at radius 2 is 1.77 bits per heavy atom. The molecular formula is C19H29N5O2. The average Bonchev–Trinajstić information content (AvgIpc) is 3.15. The first-order valence-corrected chi connectivity index (χ1v) is 9.51. The van der Waals surface area contributed by atoms with Gasteiger partial charge in [0.25, 0.3) is 0 Å². The van der Waals surface area contributed by atoms with Crippen molar-refractivity contribution in [3.05, 3.63) is 12.5 Å². The zero-order valence-corrected chi connectivity index (χ0v) is 16.0. The van der Waals surface area contributed by atoms with Crippen LogP contribution in [0.1, 0.15) is 46.5 Å². The molecule has 0 aromatic carbocycles. The van der Waals surface area contributed by atoms with E-state index in [1.54, 1.807) is 6.20 Å². The number of amides is 2. The van der Waals surface area contributed by atoms with E-state index >= 15 is 0 Å². The fraction of sp³-hybridized carbons (Fsp3) is 0.684. The molecule has 7 heteroatoms. The highest BCUT2D eigenvalue weighted by Gasteiger charge is 2.32. The fourth-order valence-corrected chi connectivity index (χ4v) is 3.65. The quantitative estimate of drug-likeness (QED) is 0.896. The molecule has 26 heavy (non-hydrogen) atoms. The standard InChI is InChI=1S/C19H29N5O2/c1-19(2,3)18(26)24-10-6-14(7-11-24)17(25)22-15-12-20-13-21-16(15)23-8-4-5-9-23/h12-14H,4-11H2,1-3H3,(H,22,25). The molecule has 0 radical (unpaired) electrons. The Morgan fingerprint density at radius 3 is 2.38 bits per heavy atom. The van der Waals surface area contributed by atoms with E-state index in [1.165, 1.54) is 6.33 Å². The van der Waals surface area contributed by atoms with Gasteiger partial charge in [-0.3, -0.25) is 9.59 Å². The molecule has 1 aromatic rings. The van der Waals surface area contributed by atoms with Gasteiger partial charge in [-0.25, -0.2) is 9.97 Å². The molecule has 0 aliphatic carbocycles. The van der Waals surface area contributed by atoms with Crippen LogP contribution >= 0.6 is 0 Å². The van der Waals surface area contributed by atoms with Crippen LogP contribution in [0.25, 0.3) is 0 Å². The minimum atomic E-state index is -0.374. The van der Waals surface area contributed by atoms with Crippen molar-refractivity contribution in [2.75, 3.05) is 36.4 Å². The van der Waals surface area contributed by atoms with Crippen molar-refractivity contribution in [1.29, 1.82) is 0 Å². The number of piperidine rings is 1. The highest BCUT2D eigenvalue weighted by molar-refractivity contribution is 5.95. The largest absolute Gasteiger partial charge is 0.355 e. The third-order valence-electron chi connectivity index (χ3n) is 5.15. The van der Waals surface area contributed by atoms with Crippen LogP contribution < -0.4 is 10.2 Å². The molecule has 2 aliphatic rings. The molecule has 7 nitrogen and oxygen atoms in total. The minimum Gasteiger partial charge on any atom is -0.355 e. The van der Waals surface area contributed by atoms with E-state index in [0.29, 0.717) is 31.6 Å². The molecule has 2 aliphatic heterocycles. The Hall–Kier alpha value is -2.18. The summed E-state index contributed by atoms with van der Waals surface area (Å²) in [4.78, 5) is 37.6. The van der Waals surface area contributed by atoms with Gasteiger partial charge in [0.05, 0.1) is 6.20 Å². The molecule has 1 N–H and O–H groups in total. The van der Waals surface area contributed by atoms with Crippen LogP contribution in [0.3, 0.4) is 0 Å². The second-order valence-corrected chi connectivity index (χ2v) is 8.26. The molecule has 2 fully saturated rings. The van der Waals surface area contributed by atoms with Crippen molar-refractivity contribution in [3.63, 3.8) is 0 Å². The molecule has 2 saturated heterocycles. The second-order valence-electron chi connectivity index (χ2n) is 8.26. The number of carbonyl (C=O) groups is 2. The summed E-state index contributed by atoms with van der Waals surface area (Å²) in [6.07, 6.45) is 6.90. The van der Waals surface area contributed by atoms with Crippen LogP contribution in [-0.2, 0) is 9.59 Å². The van der Waals surface area contributed by atoms with E-state index in [-0.39, 0.29) is 23.1 Å². The number of nitrogens with one attached hydrogen (secondary N) is 1. The van der Waals surface area contributed by atoms with Crippen LogP contribution in [0.5, 0.6) is 0 Å². The third kappa shape index (κ3) is 4.14. The number of hydrogen-bond donors (Lipinski definition) is 1. The Morgan fingerprint density at radius 1 is 1.12 bits per heavy atom. The SMILES string of the molecule is CC(C)(C)C(=O)N1CCC(C(=O)Nc2cncnc2N2CCCC2)CC1. The van der Waals surface area contributed by atoms with Crippen LogP contribution in [0, 0.1) is 11.3 Å². The highest BCUT2D eigenvalue weighted by Crippen LogP contribution is 2.28. The molecule has 3 rings (SSSR count). The van der Waals surface area contributed by atoms with Crippen molar-refractivity contribution >= 4 is 23.3 Å². The number of anilines is 2. The predicted molar refractivity (Wildman–Crippen MR) is 101 cm³/mol. The van der Waals surface area contributed by atoms with Crippen LogP contribution in [0.4, 0.5) is 11.5 Å². The number of hydrogen-bond acceptors (Lipinski definition) is 5. The normalized spacial score (nSPS) is 18.9. The first-order chi connectivity index (χ1) is 12.4. The zero-order chi connectivity index (χ0) is 18.7. The summed E-state index contributed by atoms with van der Waals surface area (Å²) in [7, 11) is 0. The van der Waals surface area contributed by atoms with Crippen LogP contribution in [0.15, 0.2) is 12.5 Å². The van der Waals surface area contributed by atoms with Gasteiger partial charge in [0, 0.05) is 37.5 Å². The zero-order valence-electron chi connectivity index (χ0n) is 16.0. The van der Waals surface area contributed by atoms with E-state index in [1.807, 2.05) is 25.7 Å². The van der Waals surface area contributed by atoms with E-state index < -0.39 is 0 Å². The first-order valence-electron chi connectivity index (χ1n) is 9.51. The topological polar surface area (TPSA) is 78.4 Å². The van der Waals surface area contributed by atoms with Gasteiger partial charge < -0.3 is 15.1 Å². The fourth-order valence-electron chi connectivity index (χ4n) is 3.65. The van der Waals surface area contributed by atoms with E-state index in [2.05, 4.69) is 20.2 Å². The van der Waals surface area contributed by atoms with Gasteiger partial charge >= 0.3 is 0 Å². The lowest BCUT2D eigenvalue weighted by Crippen LogP contribution is -2.45. The molecule has 142 valence electrons. The van der Waals surface area contributed by atoms with Gasteiger partial charge in [0.15, 0.2) is 5.82 Å². The van der Waals surface area contributed by atoms with Gasteiger partial charge in [0.2, 0.25) is 11.8 Å². The Labute approximate surface area is 155 Å². The minimum absolute atomic E-state index is 0.00287. The Balaban J connectivity index is 1.59. The maximum Gasteiger partial charge on any atom is 0.227 e. The highest BCUT2D eigenvalue weighted by atomic mass is 16.2. The third-order valence-corrected chi connectivity index (χ3v) is 5.15. The first kappa shape index (κ1) is 18.6. The Bertz CT molecular complexity index is 656. The second kappa shape index (κ2) is 7.60. The van der Waals surface area contributed by atoms with Crippen molar-refractivity contribution < 1.29 is 9.59 Å². The molecule has 0 bridgehead atoms. The number of carbonyl (C=O) groups excluding carboxylic acids is 2. The van der Waals surface area contributed by atoms with Crippen molar-refractivity contribution in [1.82, 2.24) is 14.9 Å². The molecular weight excluding hydrogens is 330 g/mol. The van der Waals surface area contributed by atoms with Crippen molar-refractivity contribution in [3.8, 4) is 0 Å². The molecule has 0 unspecified atom stereocenters. The number of nitrogens with zero attached hydrogens (tertiary/aromatic N) is 4. The molecule has 1 aromatic heterocycles. The Kier molecular flexibility index (Phi) is 5.44. The summed E-state index contributed by atoms with van der Waals surface area (Å²) in [5, 5.41) is 3.02. The van der Waals surface area contributed by atoms with E-state index in [0.717, 1.165) is 31.7 Å². The van der Waals surface area contributed by atoms with Crippen LogP contribution in [-0.4, -0.2) is 52.9 Å².